The predicted molar refractivity (Wildman–Crippen MR) is 212 cm³/mol. The zero-order valence-electron chi connectivity index (χ0n) is 32.7. The van der Waals surface area contributed by atoms with Crippen molar-refractivity contribution < 1.29 is 25.2 Å². The normalized spacial score (nSPS) is 44.7. The Bertz CT molecular complexity index is 1620. The van der Waals surface area contributed by atoms with Crippen molar-refractivity contribution in [1.29, 1.82) is 0 Å². The zero-order chi connectivity index (χ0) is 37.7. The van der Waals surface area contributed by atoms with E-state index in [2.05, 4.69) is 63.7 Å². The standard InChI is InChI=1S/C27H40O3.C21H26O2/c1-17(6-13-25(29)20-8-9-20)23-11-12-24-19(5-4-14-27(23,24)3)7-10-21-15-22(28)16-26(30)18(21)2;1-3-20-11-9-17-16-8-6-15(22)13-14(16)5-7-18(17)19(20)10-12-21(20,23)4-2/h6-7,10,13,17,20,22-26,28-30H,2,4-5,8-9,11-12,14-16H2,1,3H3;2,10,12-13,16-19,23H,3,5-9,11H2,1H3/b13-6+,19-7+,21-10-;/t17-,22-,23-,24+,25-,26+,27-;16-,17+,18+,19-,20-,21-/m10/s1. The van der Waals surface area contributed by atoms with Gasteiger partial charge in [0.2, 0.25) is 0 Å². The highest BCUT2D eigenvalue weighted by atomic mass is 16.3. The molecule has 8 rings (SSSR count). The molecule has 0 aromatic heterocycles. The highest BCUT2D eigenvalue weighted by Gasteiger charge is 2.61. The molecule has 0 bridgehead atoms. The summed E-state index contributed by atoms with van der Waals surface area (Å²) in [5.41, 5.74) is 3.79. The Kier molecular flexibility index (Phi) is 11.1. The quantitative estimate of drug-likeness (QED) is 0.162. The van der Waals surface area contributed by atoms with Gasteiger partial charge in [-0.25, -0.2) is 0 Å². The highest BCUT2D eigenvalue weighted by Crippen LogP contribution is 2.64. The first-order valence-electron chi connectivity index (χ1n) is 21.3. The summed E-state index contributed by atoms with van der Waals surface area (Å²) in [5.74, 6) is 7.55. The average Bonchev–Trinajstić information content (AvgIpc) is 3.87. The van der Waals surface area contributed by atoms with Crippen LogP contribution in [0.1, 0.15) is 124 Å². The van der Waals surface area contributed by atoms with Crippen molar-refractivity contribution in [3.05, 3.63) is 71.4 Å². The van der Waals surface area contributed by atoms with E-state index in [1.54, 1.807) is 0 Å². The van der Waals surface area contributed by atoms with Gasteiger partial charge in [-0.15, -0.1) is 6.42 Å². The molecule has 0 amide bonds. The van der Waals surface area contributed by atoms with Crippen LogP contribution in [0.25, 0.3) is 0 Å². The zero-order valence-corrected chi connectivity index (χ0v) is 32.7. The van der Waals surface area contributed by atoms with E-state index in [-0.39, 0.29) is 11.5 Å². The monoisotopic (exact) mass is 722 g/mol. The fourth-order valence-corrected chi connectivity index (χ4v) is 13.0. The van der Waals surface area contributed by atoms with Crippen LogP contribution in [0.4, 0.5) is 0 Å². The summed E-state index contributed by atoms with van der Waals surface area (Å²) in [7, 11) is 0. The summed E-state index contributed by atoms with van der Waals surface area (Å²) in [6.07, 6.45) is 35.7. The summed E-state index contributed by atoms with van der Waals surface area (Å²) >= 11 is 0. The van der Waals surface area contributed by atoms with E-state index in [4.69, 9.17) is 6.42 Å². The summed E-state index contributed by atoms with van der Waals surface area (Å²) in [6.45, 7) is 11.1. The Morgan fingerprint density at radius 2 is 1.81 bits per heavy atom. The maximum Gasteiger partial charge on any atom is 0.155 e. The van der Waals surface area contributed by atoms with Gasteiger partial charge in [0.25, 0.3) is 0 Å². The molecule has 0 aromatic rings. The summed E-state index contributed by atoms with van der Waals surface area (Å²) in [4.78, 5) is 11.7. The lowest BCUT2D eigenvalue weighted by Gasteiger charge is -2.55. The smallest absolute Gasteiger partial charge is 0.155 e. The van der Waals surface area contributed by atoms with Crippen molar-refractivity contribution >= 4 is 5.78 Å². The average molecular weight is 723 g/mol. The lowest BCUT2D eigenvalue weighted by molar-refractivity contribution is -0.116. The van der Waals surface area contributed by atoms with Gasteiger partial charge in [-0.05, 0) is 166 Å². The van der Waals surface area contributed by atoms with Crippen LogP contribution in [0.15, 0.2) is 71.4 Å². The first-order chi connectivity index (χ1) is 25.3. The molecule has 8 aliphatic carbocycles. The fraction of sp³-hybridized carbons (Fsp3) is 0.688. The number of carbonyl (C=O) groups is 1. The molecule has 0 aliphatic heterocycles. The molecule has 8 aliphatic rings. The topological polar surface area (TPSA) is 98.0 Å². The molecule has 0 spiro atoms. The maximum atomic E-state index is 11.7. The van der Waals surface area contributed by atoms with Crippen LogP contribution in [0, 0.1) is 70.5 Å². The van der Waals surface area contributed by atoms with Gasteiger partial charge in [-0.2, -0.15) is 0 Å². The molecule has 0 heterocycles. The number of fused-ring (bicyclic) bond motifs is 6. The van der Waals surface area contributed by atoms with Crippen LogP contribution in [0.2, 0.25) is 0 Å². The van der Waals surface area contributed by atoms with Crippen LogP contribution < -0.4 is 0 Å². The lowest BCUT2D eigenvalue weighted by atomic mass is 9.49. The van der Waals surface area contributed by atoms with E-state index in [1.807, 2.05) is 12.2 Å². The SMILES string of the molecule is C#C[C@]1(O)C=C[C@H]2[C@@H]3CCC4=CC(=O)CC[C@@H]4[C@H]3CC[C@@]21CC.C=C1/C(=C\C=C2/CCC[C@]3(C)[C@@H]([C@H](C)/C=C/[C@@H](O)C4CC4)CC[C@@H]23)C[C@@H](O)C[C@@H]1O. The van der Waals surface area contributed by atoms with E-state index in [0.717, 1.165) is 56.1 Å². The van der Waals surface area contributed by atoms with Crippen LogP contribution in [0.5, 0.6) is 0 Å². The molecule has 6 saturated carbocycles. The minimum Gasteiger partial charge on any atom is -0.393 e. The van der Waals surface area contributed by atoms with Crippen LogP contribution >= 0.6 is 0 Å². The van der Waals surface area contributed by atoms with Gasteiger partial charge in [0.05, 0.1) is 18.3 Å². The second kappa shape index (κ2) is 15.2. The molecular weight excluding hydrogens is 657 g/mol. The van der Waals surface area contributed by atoms with Gasteiger partial charge in [-0.3, -0.25) is 4.79 Å². The van der Waals surface area contributed by atoms with Gasteiger partial charge in [0, 0.05) is 18.3 Å². The van der Waals surface area contributed by atoms with Crippen molar-refractivity contribution in [3.63, 3.8) is 0 Å². The summed E-state index contributed by atoms with van der Waals surface area (Å²) in [5, 5.41) is 41.4. The van der Waals surface area contributed by atoms with Gasteiger partial charge in [-0.1, -0.05) is 74.8 Å². The molecular formula is C48H66O5. The van der Waals surface area contributed by atoms with E-state index in [1.165, 1.54) is 49.7 Å². The molecule has 53 heavy (non-hydrogen) atoms. The van der Waals surface area contributed by atoms with Crippen molar-refractivity contribution in [1.82, 2.24) is 0 Å². The molecule has 0 saturated heterocycles. The van der Waals surface area contributed by atoms with Gasteiger partial charge in [0.15, 0.2) is 5.78 Å². The first kappa shape index (κ1) is 38.8. The number of aliphatic hydroxyl groups is 4. The van der Waals surface area contributed by atoms with Gasteiger partial charge >= 0.3 is 0 Å². The third-order valence-electron chi connectivity index (χ3n) is 16.2. The van der Waals surface area contributed by atoms with E-state index >= 15 is 0 Å². The molecule has 0 unspecified atom stereocenters. The molecule has 5 nitrogen and oxygen atoms in total. The number of hydrogen-bond acceptors (Lipinski definition) is 5. The van der Waals surface area contributed by atoms with E-state index in [9.17, 15) is 25.2 Å². The third-order valence-corrected chi connectivity index (χ3v) is 16.2. The number of aliphatic hydroxyl groups excluding tert-OH is 3. The van der Waals surface area contributed by atoms with E-state index < -0.39 is 17.8 Å². The number of hydrogen-bond donors (Lipinski definition) is 4. The van der Waals surface area contributed by atoms with Crippen molar-refractivity contribution in [3.8, 4) is 12.3 Å². The summed E-state index contributed by atoms with van der Waals surface area (Å²) in [6, 6.07) is 0. The molecule has 13 atom stereocenters. The number of ketones is 1. The predicted octanol–water partition coefficient (Wildman–Crippen LogP) is 8.75. The largest absolute Gasteiger partial charge is 0.393 e. The Morgan fingerprint density at radius 3 is 2.55 bits per heavy atom. The molecule has 6 fully saturated rings. The number of terminal acetylenes is 1. The third kappa shape index (κ3) is 7.09. The number of allylic oxidation sites excluding steroid dienone is 7. The molecule has 0 radical (unpaired) electrons. The summed E-state index contributed by atoms with van der Waals surface area (Å²) < 4.78 is 0. The van der Waals surface area contributed by atoms with E-state index in [0.29, 0.717) is 77.8 Å². The first-order valence-corrected chi connectivity index (χ1v) is 21.3. The second-order valence-corrected chi connectivity index (χ2v) is 18.8. The Hall–Kier alpha value is -2.49. The molecule has 288 valence electrons. The van der Waals surface area contributed by atoms with Crippen LogP contribution in [-0.2, 0) is 4.79 Å². The van der Waals surface area contributed by atoms with Crippen LogP contribution in [-0.4, -0.2) is 50.1 Å². The molecule has 5 heteroatoms. The maximum absolute atomic E-state index is 11.7. The Morgan fingerprint density at radius 1 is 1.02 bits per heavy atom. The number of carbonyl (C=O) groups excluding carboxylic acids is 1. The second-order valence-electron chi connectivity index (χ2n) is 18.8. The highest BCUT2D eigenvalue weighted by molar-refractivity contribution is 5.91. The molecule has 4 N–H and O–H groups in total. The van der Waals surface area contributed by atoms with Gasteiger partial charge in [0.1, 0.15) is 5.60 Å². The lowest BCUT2D eigenvalue weighted by Crippen LogP contribution is -2.54. The minimum atomic E-state index is -1.07. The Balaban J connectivity index is 0.000000170. The van der Waals surface area contributed by atoms with Crippen molar-refractivity contribution in [2.24, 2.45) is 58.2 Å². The van der Waals surface area contributed by atoms with Gasteiger partial charge < -0.3 is 20.4 Å². The van der Waals surface area contributed by atoms with Crippen molar-refractivity contribution in [2.75, 3.05) is 0 Å². The minimum absolute atomic E-state index is 0.172. The van der Waals surface area contributed by atoms with Crippen molar-refractivity contribution in [2.45, 2.75) is 147 Å². The molecule has 0 aromatic carbocycles. The fourth-order valence-electron chi connectivity index (χ4n) is 13.0. The number of rotatable bonds is 6. The Labute approximate surface area is 319 Å². The van der Waals surface area contributed by atoms with Crippen LogP contribution in [0.3, 0.4) is 0 Å².